The molecule has 0 aromatic rings. The van der Waals surface area contributed by atoms with Gasteiger partial charge in [0.25, 0.3) is 0 Å². The van der Waals surface area contributed by atoms with Gasteiger partial charge < -0.3 is 10.4 Å². The first-order valence-electron chi connectivity index (χ1n) is 6.17. The molecule has 96 valence electrons. The average molecular weight is 239 g/mol. The van der Waals surface area contributed by atoms with Gasteiger partial charge in [-0.2, -0.15) is 0 Å². The van der Waals surface area contributed by atoms with Gasteiger partial charge in [0.1, 0.15) is 6.04 Å². The van der Waals surface area contributed by atoms with Crippen LogP contribution < -0.4 is 5.32 Å². The Kier molecular flexibility index (Phi) is 4.73. The molecule has 0 aromatic carbocycles. The number of amides is 1. The zero-order valence-corrected chi connectivity index (χ0v) is 10.7. The number of hydrogen-bond acceptors (Lipinski definition) is 2. The van der Waals surface area contributed by atoms with Gasteiger partial charge in [0.15, 0.2) is 0 Å². The molecule has 1 saturated carbocycles. The van der Waals surface area contributed by atoms with E-state index in [-0.39, 0.29) is 11.8 Å². The Balaban J connectivity index is 2.57. The lowest BCUT2D eigenvalue weighted by atomic mass is 9.99. The van der Waals surface area contributed by atoms with Crippen LogP contribution in [0.15, 0.2) is 11.6 Å². The van der Waals surface area contributed by atoms with Gasteiger partial charge in [0, 0.05) is 6.08 Å². The van der Waals surface area contributed by atoms with Crippen LogP contribution in [0.25, 0.3) is 0 Å². The fourth-order valence-electron chi connectivity index (χ4n) is 1.74. The monoisotopic (exact) mass is 239 g/mol. The van der Waals surface area contributed by atoms with E-state index in [2.05, 4.69) is 5.32 Å². The highest BCUT2D eigenvalue weighted by Gasteiger charge is 2.26. The summed E-state index contributed by atoms with van der Waals surface area (Å²) in [5, 5.41) is 11.6. The Labute approximate surface area is 102 Å². The van der Waals surface area contributed by atoms with E-state index in [4.69, 9.17) is 5.11 Å². The summed E-state index contributed by atoms with van der Waals surface area (Å²) in [7, 11) is 0. The number of carbonyl (C=O) groups excluding carboxylic acids is 1. The van der Waals surface area contributed by atoms with Crippen molar-refractivity contribution < 1.29 is 14.7 Å². The van der Waals surface area contributed by atoms with Crippen molar-refractivity contribution in [1.82, 2.24) is 5.32 Å². The van der Waals surface area contributed by atoms with Crippen molar-refractivity contribution >= 4 is 11.9 Å². The van der Waals surface area contributed by atoms with Crippen LogP contribution in [0.2, 0.25) is 0 Å². The minimum absolute atomic E-state index is 0.0638. The number of carboxylic acid groups (broad SMARTS) is 1. The van der Waals surface area contributed by atoms with Gasteiger partial charge in [-0.15, -0.1) is 0 Å². The summed E-state index contributed by atoms with van der Waals surface area (Å²) in [5.41, 5.74) is 1.05. The molecule has 0 aromatic heterocycles. The number of hydrogen-bond donors (Lipinski definition) is 2. The molecule has 1 amide bonds. The van der Waals surface area contributed by atoms with Crippen LogP contribution in [0.1, 0.15) is 40.0 Å². The van der Waals surface area contributed by atoms with Crippen molar-refractivity contribution in [3.05, 3.63) is 11.6 Å². The van der Waals surface area contributed by atoms with Crippen LogP contribution in [-0.4, -0.2) is 23.0 Å². The third-order valence-corrected chi connectivity index (χ3v) is 3.36. The molecule has 0 radical (unpaired) electrons. The fourth-order valence-corrected chi connectivity index (χ4v) is 1.74. The first-order chi connectivity index (χ1) is 7.95. The Morgan fingerprint density at radius 1 is 1.47 bits per heavy atom. The SMILES string of the molecule is CC[C@@H](C)[C@H](NC(=O)/C=C(\C)C1CC1)C(=O)O. The maximum absolute atomic E-state index is 11.7. The van der Waals surface area contributed by atoms with E-state index in [9.17, 15) is 9.59 Å². The largest absolute Gasteiger partial charge is 0.480 e. The average Bonchev–Trinajstić information content (AvgIpc) is 3.08. The molecule has 2 atom stereocenters. The van der Waals surface area contributed by atoms with Crippen LogP contribution in [0.5, 0.6) is 0 Å². The standard InChI is InChI=1S/C13H21NO3/c1-4-8(2)12(13(16)17)14-11(15)7-9(3)10-5-6-10/h7-8,10,12H,4-6H2,1-3H3,(H,14,15)(H,16,17)/b9-7+/t8-,12+/m1/s1. The molecule has 4 nitrogen and oxygen atoms in total. The maximum atomic E-state index is 11.7. The van der Waals surface area contributed by atoms with Gasteiger partial charge >= 0.3 is 5.97 Å². The molecule has 1 fully saturated rings. The van der Waals surface area contributed by atoms with Gasteiger partial charge in [-0.3, -0.25) is 4.79 Å². The van der Waals surface area contributed by atoms with Gasteiger partial charge in [0.05, 0.1) is 0 Å². The quantitative estimate of drug-likeness (QED) is 0.696. The van der Waals surface area contributed by atoms with Crippen LogP contribution >= 0.6 is 0 Å². The van der Waals surface area contributed by atoms with Crippen molar-refractivity contribution in [3.8, 4) is 0 Å². The number of allylic oxidation sites excluding steroid dienone is 1. The van der Waals surface area contributed by atoms with Crippen molar-refractivity contribution in [2.45, 2.75) is 46.1 Å². The van der Waals surface area contributed by atoms with E-state index in [1.54, 1.807) is 0 Å². The minimum atomic E-state index is -0.967. The molecule has 4 heteroatoms. The van der Waals surface area contributed by atoms with Gasteiger partial charge in [-0.1, -0.05) is 25.8 Å². The molecule has 0 unspecified atom stereocenters. The summed E-state index contributed by atoms with van der Waals surface area (Å²) in [6.45, 7) is 5.67. The third-order valence-electron chi connectivity index (χ3n) is 3.36. The Morgan fingerprint density at radius 2 is 2.06 bits per heavy atom. The van der Waals surface area contributed by atoms with Gasteiger partial charge in [-0.25, -0.2) is 4.79 Å². The summed E-state index contributed by atoms with van der Waals surface area (Å²) in [6.07, 6.45) is 4.55. The van der Waals surface area contributed by atoms with E-state index in [0.717, 1.165) is 24.8 Å². The van der Waals surface area contributed by atoms with Crippen LogP contribution in [0.4, 0.5) is 0 Å². The van der Waals surface area contributed by atoms with E-state index in [1.807, 2.05) is 20.8 Å². The van der Waals surface area contributed by atoms with E-state index < -0.39 is 12.0 Å². The highest BCUT2D eigenvalue weighted by atomic mass is 16.4. The molecular formula is C13H21NO3. The molecule has 17 heavy (non-hydrogen) atoms. The molecule has 0 bridgehead atoms. The molecular weight excluding hydrogens is 218 g/mol. The lowest BCUT2D eigenvalue weighted by molar-refractivity contribution is -0.142. The molecule has 0 saturated heterocycles. The number of carboxylic acids is 1. The zero-order valence-electron chi connectivity index (χ0n) is 10.7. The predicted molar refractivity (Wildman–Crippen MR) is 65.5 cm³/mol. The highest BCUT2D eigenvalue weighted by Crippen LogP contribution is 2.35. The van der Waals surface area contributed by atoms with Gasteiger partial charge in [-0.05, 0) is 31.6 Å². The first-order valence-corrected chi connectivity index (χ1v) is 6.17. The lowest BCUT2D eigenvalue weighted by Crippen LogP contribution is -2.44. The predicted octanol–water partition coefficient (Wildman–Crippen LogP) is 1.96. The van der Waals surface area contributed by atoms with Crippen LogP contribution in [0, 0.1) is 11.8 Å². The molecule has 0 spiro atoms. The summed E-state index contributed by atoms with van der Waals surface area (Å²) in [4.78, 5) is 22.7. The van der Waals surface area contributed by atoms with Gasteiger partial charge in [0.2, 0.25) is 5.91 Å². The van der Waals surface area contributed by atoms with E-state index in [0.29, 0.717) is 5.92 Å². The maximum Gasteiger partial charge on any atom is 0.326 e. The molecule has 0 heterocycles. The molecule has 1 aliphatic rings. The molecule has 2 N–H and O–H groups in total. The second-order valence-electron chi connectivity index (χ2n) is 4.87. The van der Waals surface area contributed by atoms with E-state index in [1.165, 1.54) is 6.08 Å². The fraction of sp³-hybridized carbons (Fsp3) is 0.692. The second-order valence-corrected chi connectivity index (χ2v) is 4.87. The van der Waals surface area contributed by atoms with E-state index >= 15 is 0 Å². The number of rotatable bonds is 6. The normalized spacial score (nSPS) is 19.6. The lowest BCUT2D eigenvalue weighted by Gasteiger charge is -2.19. The number of carbonyl (C=O) groups is 2. The topological polar surface area (TPSA) is 66.4 Å². The zero-order chi connectivity index (χ0) is 13.0. The Bertz CT molecular complexity index is 332. The van der Waals surface area contributed by atoms with Crippen LogP contribution in [-0.2, 0) is 9.59 Å². The Hall–Kier alpha value is -1.32. The smallest absolute Gasteiger partial charge is 0.326 e. The summed E-state index contributed by atoms with van der Waals surface area (Å²) in [5.74, 6) is -0.786. The molecule has 0 aliphatic heterocycles. The Morgan fingerprint density at radius 3 is 2.47 bits per heavy atom. The first kappa shape index (κ1) is 13.7. The van der Waals surface area contributed by atoms with Crippen LogP contribution in [0.3, 0.4) is 0 Å². The second kappa shape index (κ2) is 5.84. The van der Waals surface area contributed by atoms with Crippen molar-refractivity contribution in [2.24, 2.45) is 11.8 Å². The summed E-state index contributed by atoms with van der Waals surface area (Å²) < 4.78 is 0. The minimum Gasteiger partial charge on any atom is -0.480 e. The number of nitrogens with one attached hydrogen (secondary N) is 1. The summed E-state index contributed by atoms with van der Waals surface area (Å²) >= 11 is 0. The van der Waals surface area contributed by atoms with Crippen molar-refractivity contribution in [3.63, 3.8) is 0 Å². The molecule has 1 rings (SSSR count). The highest BCUT2D eigenvalue weighted by molar-refractivity contribution is 5.91. The number of aliphatic carboxylic acids is 1. The van der Waals surface area contributed by atoms with Crippen molar-refractivity contribution in [1.29, 1.82) is 0 Å². The third kappa shape index (κ3) is 4.21. The summed E-state index contributed by atoms with van der Waals surface area (Å²) in [6, 6.07) is -0.796. The van der Waals surface area contributed by atoms with Crippen molar-refractivity contribution in [2.75, 3.05) is 0 Å². The molecule has 1 aliphatic carbocycles.